The topological polar surface area (TPSA) is 41.6 Å². The highest BCUT2D eigenvalue weighted by atomic mass is 16.5. The number of aryl methyl sites for hydroxylation is 1. The van der Waals surface area contributed by atoms with Crippen LogP contribution in [0.5, 0.6) is 5.75 Å². The lowest BCUT2D eigenvalue weighted by atomic mass is 10.0. The molecule has 1 heterocycles. The highest BCUT2D eigenvalue weighted by molar-refractivity contribution is 5.96. The number of carbonyl (C=O) groups is 1. The van der Waals surface area contributed by atoms with E-state index in [0.29, 0.717) is 5.75 Å². The van der Waals surface area contributed by atoms with Crippen molar-refractivity contribution < 1.29 is 9.53 Å². The molecule has 0 radical (unpaired) electrons. The standard InChI is InChI=1S/C15H22N2O2/c1-11-7-8-14(19-3)12(10-11)16-15(18)13-6-4-5-9-17(13)2/h7-8,10,13H,4-6,9H2,1-3H3,(H,16,18). The molecule has 19 heavy (non-hydrogen) atoms. The average molecular weight is 262 g/mol. The van der Waals surface area contributed by atoms with Gasteiger partial charge in [0.05, 0.1) is 18.8 Å². The van der Waals surface area contributed by atoms with E-state index in [1.807, 2.05) is 32.2 Å². The molecule has 0 aromatic heterocycles. The fourth-order valence-electron chi connectivity index (χ4n) is 2.54. The second-order valence-electron chi connectivity index (χ2n) is 5.19. The molecule has 1 aliphatic heterocycles. The van der Waals surface area contributed by atoms with Crippen molar-refractivity contribution in [2.45, 2.75) is 32.2 Å². The van der Waals surface area contributed by atoms with Crippen LogP contribution in [0.2, 0.25) is 0 Å². The van der Waals surface area contributed by atoms with E-state index in [2.05, 4.69) is 10.2 Å². The molecule has 1 saturated heterocycles. The van der Waals surface area contributed by atoms with Gasteiger partial charge in [-0.05, 0) is 51.1 Å². The summed E-state index contributed by atoms with van der Waals surface area (Å²) in [6.07, 6.45) is 3.22. The fraction of sp³-hybridized carbons (Fsp3) is 0.533. The van der Waals surface area contributed by atoms with Gasteiger partial charge in [0.2, 0.25) is 5.91 Å². The highest BCUT2D eigenvalue weighted by Crippen LogP contribution is 2.26. The van der Waals surface area contributed by atoms with E-state index >= 15 is 0 Å². The lowest BCUT2D eigenvalue weighted by Gasteiger charge is -2.31. The molecular weight excluding hydrogens is 240 g/mol. The minimum atomic E-state index is -0.0287. The largest absolute Gasteiger partial charge is 0.495 e. The molecule has 1 aromatic rings. The normalized spacial score (nSPS) is 20.1. The minimum absolute atomic E-state index is 0.0287. The van der Waals surface area contributed by atoms with Gasteiger partial charge < -0.3 is 10.1 Å². The third-order valence-corrected chi connectivity index (χ3v) is 3.69. The quantitative estimate of drug-likeness (QED) is 0.909. The van der Waals surface area contributed by atoms with Gasteiger partial charge >= 0.3 is 0 Å². The number of ether oxygens (including phenoxy) is 1. The van der Waals surface area contributed by atoms with E-state index < -0.39 is 0 Å². The van der Waals surface area contributed by atoms with Crippen LogP contribution >= 0.6 is 0 Å². The van der Waals surface area contributed by atoms with Crippen molar-refractivity contribution in [1.82, 2.24) is 4.90 Å². The number of nitrogens with one attached hydrogen (secondary N) is 1. The summed E-state index contributed by atoms with van der Waals surface area (Å²) in [6.45, 7) is 2.99. The van der Waals surface area contributed by atoms with Crippen LogP contribution in [0.1, 0.15) is 24.8 Å². The van der Waals surface area contributed by atoms with Crippen LogP contribution in [-0.4, -0.2) is 37.6 Å². The number of carbonyl (C=O) groups excluding carboxylic acids is 1. The summed E-state index contributed by atoms with van der Waals surface area (Å²) in [5.41, 5.74) is 1.86. The van der Waals surface area contributed by atoms with Crippen molar-refractivity contribution in [1.29, 1.82) is 0 Å². The molecule has 1 aliphatic rings. The molecule has 1 amide bonds. The lowest BCUT2D eigenvalue weighted by molar-refractivity contribution is -0.121. The van der Waals surface area contributed by atoms with Crippen molar-refractivity contribution in [3.8, 4) is 5.75 Å². The number of piperidine rings is 1. The van der Waals surface area contributed by atoms with E-state index in [1.54, 1.807) is 7.11 Å². The molecule has 0 bridgehead atoms. The Morgan fingerprint density at radius 2 is 2.21 bits per heavy atom. The van der Waals surface area contributed by atoms with E-state index in [4.69, 9.17) is 4.74 Å². The maximum atomic E-state index is 12.3. The maximum absolute atomic E-state index is 12.3. The third-order valence-electron chi connectivity index (χ3n) is 3.69. The van der Waals surface area contributed by atoms with Gasteiger partial charge in [-0.15, -0.1) is 0 Å². The number of amides is 1. The van der Waals surface area contributed by atoms with Gasteiger partial charge in [0.1, 0.15) is 5.75 Å². The molecular formula is C15H22N2O2. The van der Waals surface area contributed by atoms with Gasteiger partial charge in [-0.2, -0.15) is 0 Å². The zero-order valence-corrected chi connectivity index (χ0v) is 11.9. The predicted molar refractivity (Wildman–Crippen MR) is 76.6 cm³/mol. The zero-order valence-electron chi connectivity index (χ0n) is 11.9. The Kier molecular flexibility index (Phi) is 4.43. The van der Waals surface area contributed by atoms with E-state index in [-0.39, 0.29) is 11.9 Å². The number of anilines is 1. The molecule has 4 nitrogen and oxygen atoms in total. The average Bonchev–Trinajstić information content (AvgIpc) is 2.39. The Morgan fingerprint density at radius 3 is 2.89 bits per heavy atom. The van der Waals surface area contributed by atoms with E-state index in [0.717, 1.165) is 30.6 Å². The number of hydrogen-bond donors (Lipinski definition) is 1. The summed E-state index contributed by atoms with van der Waals surface area (Å²) in [7, 11) is 3.63. The number of likely N-dealkylation sites (tertiary alicyclic amines) is 1. The summed E-state index contributed by atoms with van der Waals surface area (Å²) >= 11 is 0. The molecule has 104 valence electrons. The highest BCUT2D eigenvalue weighted by Gasteiger charge is 2.26. The number of methoxy groups -OCH3 is 1. The van der Waals surface area contributed by atoms with Gasteiger partial charge in [-0.3, -0.25) is 9.69 Å². The lowest BCUT2D eigenvalue weighted by Crippen LogP contribution is -2.44. The Morgan fingerprint density at radius 1 is 1.42 bits per heavy atom. The molecule has 2 rings (SSSR count). The number of benzene rings is 1. The summed E-state index contributed by atoms with van der Waals surface area (Å²) < 4.78 is 5.29. The molecule has 0 aliphatic carbocycles. The van der Waals surface area contributed by atoms with Crippen molar-refractivity contribution in [2.75, 3.05) is 26.0 Å². The van der Waals surface area contributed by atoms with Crippen LogP contribution in [0.3, 0.4) is 0 Å². The summed E-state index contributed by atoms with van der Waals surface area (Å²) in [4.78, 5) is 14.5. The molecule has 1 unspecified atom stereocenters. The molecule has 1 atom stereocenters. The van der Waals surface area contributed by atoms with Gasteiger partial charge in [-0.1, -0.05) is 12.5 Å². The van der Waals surface area contributed by atoms with Crippen LogP contribution in [0, 0.1) is 6.92 Å². The first-order chi connectivity index (χ1) is 9.11. The van der Waals surface area contributed by atoms with Crippen LogP contribution in [0.25, 0.3) is 0 Å². The Bertz CT molecular complexity index is 459. The van der Waals surface area contributed by atoms with Gasteiger partial charge in [0.15, 0.2) is 0 Å². The van der Waals surface area contributed by atoms with Crippen molar-refractivity contribution in [3.05, 3.63) is 23.8 Å². The summed E-state index contributed by atoms with van der Waals surface area (Å²) in [6, 6.07) is 5.77. The molecule has 1 N–H and O–H groups in total. The zero-order chi connectivity index (χ0) is 13.8. The SMILES string of the molecule is COc1ccc(C)cc1NC(=O)C1CCCCN1C. The second-order valence-corrected chi connectivity index (χ2v) is 5.19. The first-order valence-corrected chi connectivity index (χ1v) is 6.77. The van der Waals surface area contributed by atoms with Crippen LogP contribution < -0.4 is 10.1 Å². The van der Waals surface area contributed by atoms with Crippen LogP contribution in [0.4, 0.5) is 5.69 Å². The Labute approximate surface area is 114 Å². The first kappa shape index (κ1) is 13.9. The fourth-order valence-corrected chi connectivity index (χ4v) is 2.54. The van der Waals surface area contributed by atoms with Gasteiger partial charge in [0, 0.05) is 0 Å². The number of rotatable bonds is 3. The van der Waals surface area contributed by atoms with Gasteiger partial charge in [0.25, 0.3) is 0 Å². The maximum Gasteiger partial charge on any atom is 0.241 e. The third kappa shape index (κ3) is 3.26. The van der Waals surface area contributed by atoms with E-state index in [1.165, 1.54) is 6.42 Å². The molecule has 4 heteroatoms. The monoisotopic (exact) mass is 262 g/mol. The number of hydrogen-bond acceptors (Lipinski definition) is 3. The molecule has 1 aromatic carbocycles. The Hall–Kier alpha value is -1.55. The van der Waals surface area contributed by atoms with Crippen molar-refractivity contribution in [2.24, 2.45) is 0 Å². The minimum Gasteiger partial charge on any atom is -0.495 e. The smallest absolute Gasteiger partial charge is 0.241 e. The van der Waals surface area contributed by atoms with Crippen molar-refractivity contribution in [3.63, 3.8) is 0 Å². The summed E-state index contributed by atoms with van der Waals surface area (Å²) in [5.74, 6) is 0.767. The second kappa shape index (κ2) is 6.06. The van der Waals surface area contributed by atoms with E-state index in [9.17, 15) is 4.79 Å². The van der Waals surface area contributed by atoms with Gasteiger partial charge in [-0.25, -0.2) is 0 Å². The molecule has 0 spiro atoms. The number of nitrogens with zero attached hydrogens (tertiary/aromatic N) is 1. The van der Waals surface area contributed by atoms with Crippen LogP contribution in [-0.2, 0) is 4.79 Å². The predicted octanol–water partition coefficient (Wildman–Crippen LogP) is 2.43. The van der Waals surface area contributed by atoms with Crippen molar-refractivity contribution >= 4 is 11.6 Å². The molecule has 0 saturated carbocycles. The van der Waals surface area contributed by atoms with Crippen LogP contribution in [0.15, 0.2) is 18.2 Å². The molecule has 1 fully saturated rings. The first-order valence-electron chi connectivity index (χ1n) is 6.77. The summed E-state index contributed by atoms with van der Waals surface area (Å²) in [5, 5.41) is 3.00. The Balaban J connectivity index is 2.11. The number of likely N-dealkylation sites (N-methyl/N-ethyl adjacent to an activating group) is 1.